The number of amides is 1. The molecule has 0 aliphatic carbocycles. The third-order valence-corrected chi connectivity index (χ3v) is 3.60. The fourth-order valence-electron chi connectivity index (χ4n) is 2.37. The van der Waals surface area contributed by atoms with Crippen LogP contribution in [0, 0.1) is 0 Å². The summed E-state index contributed by atoms with van der Waals surface area (Å²) in [6.07, 6.45) is 2.90. The van der Waals surface area contributed by atoms with Gasteiger partial charge in [0.05, 0.1) is 18.4 Å². The maximum absolute atomic E-state index is 12.1. The molecule has 0 radical (unpaired) electrons. The molecule has 0 aliphatic heterocycles. The van der Waals surface area contributed by atoms with Crippen LogP contribution in [-0.4, -0.2) is 5.91 Å². The van der Waals surface area contributed by atoms with Crippen LogP contribution in [0.1, 0.15) is 18.1 Å². The number of benzene rings is 2. The minimum Gasteiger partial charge on any atom is -0.464 e. The van der Waals surface area contributed by atoms with Crippen molar-refractivity contribution in [2.45, 2.75) is 19.8 Å². The summed E-state index contributed by atoms with van der Waals surface area (Å²) in [7, 11) is 0. The summed E-state index contributed by atoms with van der Waals surface area (Å²) in [5.74, 6) is -0.103. The number of hydrogen-bond donors (Lipinski definition) is 2. The molecule has 0 spiro atoms. The fraction of sp³-hybridized carbons (Fsp3) is 0.167. The molecule has 0 saturated carbocycles. The van der Waals surface area contributed by atoms with Gasteiger partial charge < -0.3 is 4.42 Å². The Balaban J connectivity index is 1.68. The van der Waals surface area contributed by atoms with Crippen LogP contribution in [0.5, 0.6) is 0 Å². The second-order valence-corrected chi connectivity index (χ2v) is 5.16. The van der Waals surface area contributed by atoms with E-state index in [4.69, 9.17) is 4.42 Å². The summed E-state index contributed by atoms with van der Waals surface area (Å²) in [5, 5.41) is 1.01. The number of rotatable bonds is 5. The van der Waals surface area contributed by atoms with Crippen molar-refractivity contribution in [1.82, 2.24) is 5.43 Å². The average Bonchev–Trinajstić information content (AvgIpc) is 2.96. The number of para-hydroxylation sites is 1. The van der Waals surface area contributed by atoms with Crippen molar-refractivity contribution in [1.29, 1.82) is 0 Å². The second kappa shape index (κ2) is 6.35. The summed E-state index contributed by atoms with van der Waals surface area (Å²) in [6.45, 7) is 2.11. The van der Waals surface area contributed by atoms with Gasteiger partial charge in [-0.25, -0.2) is 0 Å². The van der Waals surface area contributed by atoms with Crippen LogP contribution in [-0.2, 0) is 17.6 Å². The summed E-state index contributed by atoms with van der Waals surface area (Å²) in [5.41, 5.74) is 9.40. The summed E-state index contributed by atoms with van der Waals surface area (Å²) >= 11 is 0. The number of furan rings is 1. The molecule has 112 valence electrons. The van der Waals surface area contributed by atoms with Gasteiger partial charge >= 0.3 is 0 Å². The van der Waals surface area contributed by atoms with Gasteiger partial charge in [-0.05, 0) is 36.2 Å². The van der Waals surface area contributed by atoms with E-state index in [1.807, 2.05) is 42.5 Å². The number of aryl methyl sites for hydroxylation is 1. The molecule has 0 unspecified atom stereocenters. The Morgan fingerprint density at radius 2 is 1.95 bits per heavy atom. The highest BCUT2D eigenvalue weighted by Crippen LogP contribution is 2.23. The monoisotopic (exact) mass is 294 g/mol. The highest BCUT2D eigenvalue weighted by molar-refractivity contribution is 5.88. The predicted octanol–water partition coefficient (Wildman–Crippen LogP) is 3.68. The summed E-state index contributed by atoms with van der Waals surface area (Å²) in [6, 6.07) is 15.6. The molecule has 4 heteroatoms. The van der Waals surface area contributed by atoms with Gasteiger partial charge in [-0.1, -0.05) is 31.2 Å². The summed E-state index contributed by atoms with van der Waals surface area (Å²) < 4.78 is 5.51. The number of carbonyl (C=O) groups is 1. The van der Waals surface area contributed by atoms with Crippen LogP contribution in [0.15, 0.2) is 59.2 Å². The van der Waals surface area contributed by atoms with Crippen molar-refractivity contribution < 1.29 is 9.21 Å². The summed E-state index contributed by atoms with van der Waals surface area (Å²) in [4.78, 5) is 12.1. The molecule has 0 saturated heterocycles. The molecular formula is C18H18N2O2. The van der Waals surface area contributed by atoms with Gasteiger partial charge in [-0.3, -0.25) is 15.6 Å². The normalized spacial score (nSPS) is 10.6. The van der Waals surface area contributed by atoms with Crippen LogP contribution >= 0.6 is 0 Å². The molecule has 0 atom stereocenters. The Labute approximate surface area is 129 Å². The van der Waals surface area contributed by atoms with Crippen LogP contribution < -0.4 is 10.9 Å². The third kappa shape index (κ3) is 3.11. The Kier molecular flexibility index (Phi) is 4.10. The van der Waals surface area contributed by atoms with Gasteiger partial charge in [-0.2, -0.15) is 0 Å². The zero-order valence-electron chi connectivity index (χ0n) is 12.4. The first-order chi connectivity index (χ1) is 10.8. The van der Waals surface area contributed by atoms with E-state index in [0.29, 0.717) is 0 Å². The van der Waals surface area contributed by atoms with E-state index in [9.17, 15) is 4.79 Å². The molecule has 0 bridgehead atoms. The quantitative estimate of drug-likeness (QED) is 0.706. The number of hydrogen-bond acceptors (Lipinski definition) is 3. The molecule has 22 heavy (non-hydrogen) atoms. The van der Waals surface area contributed by atoms with Gasteiger partial charge in [0.1, 0.15) is 5.58 Å². The van der Waals surface area contributed by atoms with E-state index in [0.717, 1.165) is 28.6 Å². The fourth-order valence-corrected chi connectivity index (χ4v) is 2.37. The van der Waals surface area contributed by atoms with Gasteiger partial charge in [-0.15, -0.1) is 0 Å². The van der Waals surface area contributed by atoms with Crippen LogP contribution in [0.4, 0.5) is 5.69 Å². The number of anilines is 1. The largest absolute Gasteiger partial charge is 0.464 e. The molecule has 2 N–H and O–H groups in total. The third-order valence-electron chi connectivity index (χ3n) is 3.60. The van der Waals surface area contributed by atoms with Crippen LogP contribution in [0.3, 0.4) is 0 Å². The molecule has 3 rings (SSSR count). The first-order valence-corrected chi connectivity index (χ1v) is 7.35. The maximum atomic E-state index is 12.1. The van der Waals surface area contributed by atoms with E-state index < -0.39 is 0 Å². The van der Waals surface area contributed by atoms with Crippen molar-refractivity contribution in [2.24, 2.45) is 0 Å². The molecule has 4 nitrogen and oxygen atoms in total. The van der Waals surface area contributed by atoms with E-state index in [-0.39, 0.29) is 12.3 Å². The average molecular weight is 294 g/mol. The molecule has 0 aliphatic rings. The minimum absolute atomic E-state index is 0.103. The van der Waals surface area contributed by atoms with Crippen molar-refractivity contribution >= 4 is 22.6 Å². The smallest absolute Gasteiger partial charge is 0.242 e. The highest BCUT2D eigenvalue weighted by Gasteiger charge is 2.10. The molecule has 1 amide bonds. The van der Waals surface area contributed by atoms with Crippen molar-refractivity contribution in [2.75, 3.05) is 5.43 Å². The molecule has 1 aromatic heterocycles. The number of fused-ring (bicyclic) bond motifs is 1. The van der Waals surface area contributed by atoms with Gasteiger partial charge in [0.25, 0.3) is 0 Å². The van der Waals surface area contributed by atoms with Gasteiger partial charge in [0.15, 0.2) is 0 Å². The lowest BCUT2D eigenvalue weighted by Gasteiger charge is -2.07. The first kappa shape index (κ1) is 14.2. The lowest BCUT2D eigenvalue weighted by molar-refractivity contribution is -0.119. The SMILES string of the molecule is CCc1ccc2occ(CC(=O)NNc3ccccc3)c2c1. The molecule has 0 fully saturated rings. The predicted molar refractivity (Wildman–Crippen MR) is 87.5 cm³/mol. The Morgan fingerprint density at radius 3 is 2.73 bits per heavy atom. The first-order valence-electron chi connectivity index (χ1n) is 7.35. The second-order valence-electron chi connectivity index (χ2n) is 5.16. The van der Waals surface area contributed by atoms with Gasteiger partial charge in [0, 0.05) is 10.9 Å². The van der Waals surface area contributed by atoms with Crippen LogP contribution in [0.2, 0.25) is 0 Å². The highest BCUT2D eigenvalue weighted by atomic mass is 16.3. The lowest BCUT2D eigenvalue weighted by Crippen LogP contribution is -2.30. The Morgan fingerprint density at radius 1 is 1.14 bits per heavy atom. The van der Waals surface area contributed by atoms with E-state index in [1.165, 1.54) is 5.56 Å². The van der Waals surface area contributed by atoms with E-state index in [1.54, 1.807) is 6.26 Å². The maximum Gasteiger partial charge on any atom is 0.242 e. The van der Waals surface area contributed by atoms with Crippen molar-refractivity contribution in [3.8, 4) is 0 Å². The number of carbonyl (C=O) groups excluding carboxylic acids is 1. The Bertz CT molecular complexity index is 778. The number of nitrogens with one attached hydrogen (secondary N) is 2. The standard InChI is InChI=1S/C18H18N2O2/c1-2-13-8-9-17-16(10-13)14(12-22-17)11-18(21)20-19-15-6-4-3-5-7-15/h3-10,12,19H,2,11H2,1H3,(H,20,21). The lowest BCUT2D eigenvalue weighted by atomic mass is 10.1. The van der Waals surface area contributed by atoms with Crippen LogP contribution in [0.25, 0.3) is 11.0 Å². The molecule has 2 aromatic carbocycles. The zero-order valence-corrected chi connectivity index (χ0v) is 12.4. The van der Waals surface area contributed by atoms with Crippen molar-refractivity contribution in [3.63, 3.8) is 0 Å². The Hall–Kier alpha value is -2.75. The van der Waals surface area contributed by atoms with E-state index in [2.05, 4.69) is 23.8 Å². The van der Waals surface area contributed by atoms with E-state index >= 15 is 0 Å². The van der Waals surface area contributed by atoms with Gasteiger partial charge in [0.2, 0.25) is 5.91 Å². The zero-order chi connectivity index (χ0) is 15.4. The molecule has 3 aromatic rings. The number of hydrazine groups is 1. The molecular weight excluding hydrogens is 276 g/mol. The topological polar surface area (TPSA) is 54.3 Å². The molecule has 1 heterocycles. The van der Waals surface area contributed by atoms with Crippen molar-refractivity contribution in [3.05, 3.63) is 65.9 Å². The minimum atomic E-state index is -0.103.